The first kappa shape index (κ1) is 33.1. The van der Waals surface area contributed by atoms with Crippen molar-refractivity contribution in [1.82, 2.24) is 0 Å². The normalized spacial score (nSPS) is 15.0. The van der Waals surface area contributed by atoms with E-state index in [0.29, 0.717) is 24.0 Å². The fraction of sp³-hybridized carbons (Fsp3) is 0.406. The molecule has 0 saturated heterocycles. The Morgan fingerprint density at radius 2 is 1.69 bits per heavy atom. The number of carbonyl (C=O) groups excluding carboxylic acids is 3. The van der Waals surface area contributed by atoms with E-state index in [9.17, 15) is 18.8 Å². The van der Waals surface area contributed by atoms with Crippen molar-refractivity contribution >= 4 is 52.3 Å². The number of methoxy groups -OCH3 is 1. The van der Waals surface area contributed by atoms with Crippen molar-refractivity contribution < 1.29 is 28.2 Å². The fourth-order valence-corrected chi connectivity index (χ4v) is 5.33. The van der Waals surface area contributed by atoms with Gasteiger partial charge in [-0.05, 0) is 62.6 Å². The van der Waals surface area contributed by atoms with Crippen molar-refractivity contribution in [3.05, 3.63) is 63.4 Å². The Balaban J connectivity index is 0.000000241. The lowest BCUT2D eigenvalue weighted by Crippen LogP contribution is -2.35. The third-order valence-corrected chi connectivity index (χ3v) is 7.60. The highest BCUT2D eigenvalue weighted by Crippen LogP contribution is 2.39. The summed E-state index contributed by atoms with van der Waals surface area (Å²) in [5.74, 6) is 0.640. The number of benzene rings is 2. The maximum absolute atomic E-state index is 14.4. The second-order valence-corrected chi connectivity index (χ2v) is 10.5. The van der Waals surface area contributed by atoms with Crippen LogP contribution >= 0.6 is 23.2 Å². The van der Waals surface area contributed by atoms with Gasteiger partial charge in [0.1, 0.15) is 24.2 Å². The van der Waals surface area contributed by atoms with Gasteiger partial charge in [0.25, 0.3) is 11.8 Å². The predicted molar refractivity (Wildman–Crippen MR) is 164 cm³/mol. The van der Waals surface area contributed by atoms with Crippen LogP contribution in [0.2, 0.25) is 5.02 Å². The van der Waals surface area contributed by atoms with Gasteiger partial charge in [0.2, 0.25) is 5.91 Å². The van der Waals surface area contributed by atoms with E-state index in [1.807, 2.05) is 18.2 Å². The summed E-state index contributed by atoms with van der Waals surface area (Å²) in [6.07, 6.45) is 9.22. The van der Waals surface area contributed by atoms with Crippen LogP contribution in [-0.2, 0) is 32.0 Å². The molecule has 1 aliphatic heterocycles. The molecule has 0 bridgehead atoms. The smallest absolute Gasteiger partial charge is 0.261 e. The monoisotopic (exact) mass is 616 g/mol. The lowest BCUT2D eigenvalue weighted by molar-refractivity contribution is -0.121. The van der Waals surface area contributed by atoms with Gasteiger partial charge in [0.15, 0.2) is 6.10 Å². The molecule has 224 valence electrons. The molecule has 10 heteroatoms. The number of ether oxygens (including phenoxy) is 2. The van der Waals surface area contributed by atoms with Crippen molar-refractivity contribution in [2.24, 2.45) is 0 Å². The SMILES string of the molecule is C#CC(C)Oc1cc(N2C(=O)C3=C(CCCC3)C2=O)c(F)cc1Cl.CCc1cccc(CC)c1N(COC)C(=O)CCl. The van der Waals surface area contributed by atoms with Crippen LogP contribution in [-0.4, -0.2) is 43.5 Å². The molecule has 0 spiro atoms. The van der Waals surface area contributed by atoms with Crippen LogP contribution in [0.3, 0.4) is 0 Å². The zero-order valence-electron chi connectivity index (χ0n) is 24.3. The maximum atomic E-state index is 14.4. The molecule has 0 radical (unpaired) electrons. The van der Waals surface area contributed by atoms with Crippen LogP contribution in [0.15, 0.2) is 41.5 Å². The standard InChI is InChI=1S/C18H15ClFNO3.C14H20ClNO2/c1-3-10(2)24-16-9-15(14(20)8-13(16)19)21-17(22)11-6-4-5-7-12(11)18(21)23;1-4-11-7-6-8-12(5-2)14(11)16(10-18-3)13(17)9-15/h1,8-10H,4-7H2,2H3;6-8H,4-5,9-10H2,1-3H3. The van der Waals surface area contributed by atoms with E-state index in [0.717, 1.165) is 53.5 Å². The molecule has 3 amide bonds. The molecular weight excluding hydrogens is 582 g/mol. The van der Waals surface area contributed by atoms with Gasteiger partial charge in [-0.2, -0.15) is 0 Å². The minimum absolute atomic E-state index is 0.0233. The number of para-hydroxylation sites is 1. The molecule has 0 aromatic heterocycles. The zero-order chi connectivity index (χ0) is 31.0. The Bertz CT molecular complexity index is 1370. The van der Waals surface area contributed by atoms with Crippen molar-refractivity contribution in [3.8, 4) is 18.1 Å². The molecule has 42 heavy (non-hydrogen) atoms. The molecule has 2 aliphatic rings. The van der Waals surface area contributed by atoms with Gasteiger partial charge in [0, 0.05) is 24.3 Å². The molecule has 1 atom stereocenters. The third-order valence-electron chi connectivity index (χ3n) is 7.08. The quantitative estimate of drug-likeness (QED) is 0.137. The van der Waals surface area contributed by atoms with Crippen LogP contribution in [0.1, 0.15) is 57.6 Å². The number of halogens is 3. The van der Waals surface area contributed by atoms with Crippen molar-refractivity contribution in [3.63, 3.8) is 0 Å². The summed E-state index contributed by atoms with van der Waals surface area (Å²) in [6, 6.07) is 8.38. The Morgan fingerprint density at radius 1 is 1.12 bits per heavy atom. The molecular formula is C32H35Cl2FN2O5. The number of carbonyl (C=O) groups is 3. The first-order chi connectivity index (χ1) is 20.1. The van der Waals surface area contributed by atoms with Crippen molar-refractivity contribution in [2.45, 2.75) is 65.4 Å². The van der Waals surface area contributed by atoms with Crippen LogP contribution in [0, 0.1) is 18.2 Å². The number of hydrogen-bond acceptors (Lipinski definition) is 5. The van der Waals surface area contributed by atoms with Crippen LogP contribution in [0.5, 0.6) is 5.75 Å². The van der Waals surface area contributed by atoms with Crippen LogP contribution in [0.4, 0.5) is 15.8 Å². The summed E-state index contributed by atoms with van der Waals surface area (Å²) >= 11 is 11.6. The molecule has 1 unspecified atom stereocenters. The average molecular weight is 618 g/mol. The molecule has 1 heterocycles. The number of hydrogen-bond donors (Lipinski definition) is 0. The first-order valence-electron chi connectivity index (χ1n) is 13.8. The van der Waals surface area contributed by atoms with E-state index < -0.39 is 23.7 Å². The minimum Gasteiger partial charge on any atom is -0.476 e. The van der Waals surface area contributed by atoms with Crippen LogP contribution < -0.4 is 14.5 Å². The highest BCUT2D eigenvalue weighted by Gasteiger charge is 2.41. The topological polar surface area (TPSA) is 76.2 Å². The Labute approximate surface area is 256 Å². The Morgan fingerprint density at radius 3 is 2.17 bits per heavy atom. The van der Waals surface area contributed by atoms with Gasteiger partial charge >= 0.3 is 0 Å². The van der Waals surface area contributed by atoms with Gasteiger partial charge in [-0.1, -0.05) is 49.6 Å². The summed E-state index contributed by atoms with van der Waals surface area (Å²) < 4.78 is 24.9. The van der Waals surface area contributed by atoms with Gasteiger partial charge in [-0.3, -0.25) is 19.3 Å². The maximum Gasteiger partial charge on any atom is 0.261 e. The zero-order valence-corrected chi connectivity index (χ0v) is 25.8. The Kier molecular flexibility index (Phi) is 12.0. The molecule has 7 nitrogen and oxygen atoms in total. The number of aryl methyl sites for hydroxylation is 2. The number of alkyl halides is 1. The average Bonchev–Trinajstić information content (AvgIpc) is 3.25. The van der Waals surface area contributed by atoms with E-state index in [1.165, 1.54) is 6.07 Å². The number of rotatable bonds is 9. The second-order valence-electron chi connectivity index (χ2n) is 9.78. The van der Waals surface area contributed by atoms with Crippen LogP contribution in [0.25, 0.3) is 0 Å². The van der Waals surface area contributed by atoms with Gasteiger partial charge in [-0.25, -0.2) is 9.29 Å². The number of amides is 3. The summed E-state index contributed by atoms with van der Waals surface area (Å²) in [4.78, 5) is 39.6. The second kappa shape index (κ2) is 15.2. The largest absolute Gasteiger partial charge is 0.476 e. The minimum atomic E-state index is -0.762. The van der Waals surface area contributed by atoms with E-state index in [4.69, 9.17) is 39.1 Å². The fourth-order valence-electron chi connectivity index (χ4n) is 4.99. The number of anilines is 2. The number of imide groups is 1. The van der Waals surface area contributed by atoms with E-state index in [1.54, 1.807) is 18.9 Å². The van der Waals surface area contributed by atoms with Gasteiger partial charge < -0.3 is 9.47 Å². The molecule has 1 aliphatic carbocycles. The summed E-state index contributed by atoms with van der Waals surface area (Å²) in [6.45, 7) is 6.02. The highest BCUT2D eigenvalue weighted by molar-refractivity contribution is 6.34. The van der Waals surface area contributed by atoms with Crippen molar-refractivity contribution in [2.75, 3.05) is 29.5 Å². The third kappa shape index (κ3) is 7.15. The molecule has 4 rings (SSSR count). The Hall–Kier alpha value is -3.38. The first-order valence-corrected chi connectivity index (χ1v) is 14.7. The predicted octanol–water partition coefficient (Wildman–Crippen LogP) is 6.61. The van der Waals surface area contributed by atoms with Gasteiger partial charge in [0.05, 0.1) is 16.4 Å². The molecule has 2 aromatic rings. The summed E-state index contributed by atoms with van der Waals surface area (Å²) in [5, 5.41) is 0.0233. The van der Waals surface area contributed by atoms with E-state index in [2.05, 4.69) is 19.8 Å². The summed E-state index contributed by atoms with van der Waals surface area (Å²) in [5.41, 5.74) is 4.05. The van der Waals surface area contributed by atoms with E-state index >= 15 is 0 Å². The lowest BCUT2D eigenvalue weighted by atomic mass is 9.93. The van der Waals surface area contributed by atoms with Gasteiger partial charge in [-0.15, -0.1) is 18.0 Å². The molecule has 0 fully saturated rings. The lowest BCUT2D eigenvalue weighted by Gasteiger charge is -2.26. The molecule has 2 aromatic carbocycles. The molecule has 0 saturated carbocycles. The number of nitrogens with zero attached hydrogens (tertiary/aromatic N) is 2. The highest BCUT2D eigenvalue weighted by atomic mass is 35.5. The van der Waals surface area contributed by atoms with E-state index in [-0.39, 0.29) is 35.0 Å². The summed E-state index contributed by atoms with van der Waals surface area (Å²) in [7, 11) is 1.58. The van der Waals surface area contributed by atoms with Crippen molar-refractivity contribution in [1.29, 1.82) is 0 Å². The molecule has 0 N–H and O–H groups in total. The number of terminal acetylenes is 1.